The number of aromatic nitrogens is 4. The Kier molecular flexibility index (Phi) is 6.86. The molecule has 4 N–H and O–H groups in total. The second kappa shape index (κ2) is 10.1. The molecule has 12 heteroatoms. The molecule has 0 bridgehead atoms. The van der Waals surface area contributed by atoms with Crippen LogP contribution in [0.25, 0.3) is 11.3 Å². The number of carbonyl (C=O) groups excluding carboxylic acids is 1. The first-order valence-electron chi connectivity index (χ1n) is 12.5. The molecule has 196 valence electrons. The zero-order chi connectivity index (χ0) is 26.2. The van der Waals surface area contributed by atoms with Gasteiger partial charge in [-0.05, 0) is 44.5 Å². The summed E-state index contributed by atoms with van der Waals surface area (Å²) in [7, 11) is -3.32. The van der Waals surface area contributed by atoms with Gasteiger partial charge < -0.3 is 25.8 Å². The molecule has 11 nitrogen and oxygen atoms in total. The van der Waals surface area contributed by atoms with E-state index in [1.807, 2.05) is 17.2 Å². The number of anilines is 2. The van der Waals surface area contributed by atoms with Gasteiger partial charge >= 0.3 is 0 Å². The number of likely N-dealkylation sites (tertiary alicyclic amines) is 1. The maximum absolute atomic E-state index is 12.1. The zero-order valence-electron chi connectivity index (χ0n) is 20.9. The van der Waals surface area contributed by atoms with Crippen molar-refractivity contribution in [1.29, 1.82) is 0 Å². The SMILES string of the molecule is CS(=O)(=O)c1cccc(-c2cn(CCN3CCC3)c(C3CCN(c4ncnc(N)c4C(N)=O)CC3)n2)c1. The molecule has 0 atom stereocenters. The normalized spacial score (nSPS) is 17.1. The average molecular weight is 525 g/mol. The number of nitrogens with two attached hydrogens (primary N) is 2. The lowest BCUT2D eigenvalue weighted by Gasteiger charge is -2.34. The van der Waals surface area contributed by atoms with Crippen LogP contribution in [0.4, 0.5) is 11.6 Å². The smallest absolute Gasteiger partial charge is 0.256 e. The summed E-state index contributed by atoms with van der Waals surface area (Å²) in [6.07, 6.45) is 7.46. The van der Waals surface area contributed by atoms with Gasteiger partial charge in [-0.15, -0.1) is 0 Å². The topological polar surface area (TPSA) is 153 Å². The minimum absolute atomic E-state index is 0.0853. The Morgan fingerprint density at radius 3 is 2.51 bits per heavy atom. The summed E-state index contributed by atoms with van der Waals surface area (Å²) in [6.45, 7) is 5.35. The van der Waals surface area contributed by atoms with Gasteiger partial charge in [0, 0.05) is 50.1 Å². The van der Waals surface area contributed by atoms with Gasteiger partial charge in [-0.25, -0.2) is 23.4 Å². The Labute approximate surface area is 216 Å². The van der Waals surface area contributed by atoms with Crippen LogP contribution >= 0.6 is 0 Å². The number of rotatable bonds is 8. The second-order valence-corrected chi connectivity index (χ2v) is 11.8. The maximum Gasteiger partial charge on any atom is 0.256 e. The van der Waals surface area contributed by atoms with Crippen LogP contribution in [0.3, 0.4) is 0 Å². The van der Waals surface area contributed by atoms with Crippen LogP contribution < -0.4 is 16.4 Å². The van der Waals surface area contributed by atoms with E-state index in [9.17, 15) is 13.2 Å². The van der Waals surface area contributed by atoms with Crippen LogP contribution in [0.1, 0.15) is 41.4 Å². The molecule has 2 saturated heterocycles. The molecular formula is C25H32N8O3S. The highest BCUT2D eigenvalue weighted by Gasteiger charge is 2.29. The van der Waals surface area contributed by atoms with Crippen molar-refractivity contribution in [2.75, 3.05) is 49.6 Å². The van der Waals surface area contributed by atoms with Gasteiger partial charge in [0.15, 0.2) is 9.84 Å². The van der Waals surface area contributed by atoms with E-state index >= 15 is 0 Å². The van der Waals surface area contributed by atoms with Crippen molar-refractivity contribution < 1.29 is 13.2 Å². The lowest BCUT2D eigenvalue weighted by Crippen LogP contribution is -2.39. The van der Waals surface area contributed by atoms with E-state index in [1.165, 1.54) is 19.0 Å². The highest BCUT2D eigenvalue weighted by atomic mass is 32.2. The summed E-state index contributed by atoms with van der Waals surface area (Å²) in [5, 5.41) is 0. The number of amides is 1. The Bertz CT molecular complexity index is 1410. The third-order valence-electron chi connectivity index (χ3n) is 7.23. The van der Waals surface area contributed by atoms with Gasteiger partial charge in [0.1, 0.15) is 29.4 Å². The number of sulfone groups is 1. The first-order chi connectivity index (χ1) is 17.7. The van der Waals surface area contributed by atoms with Crippen molar-refractivity contribution in [2.24, 2.45) is 5.73 Å². The van der Waals surface area contributed by atoms with Gasteiger partial charge in [-0.3, -0.25) is 4.79 Å². The molecule has 5 rings (SSSR count). The average Bonchev–Trinajstić information content (AvgIpc) is 3.26. The number of imidazole rings is 1. The summed E-state index contributed by atoms with van der Waals surface area (Å²) >= 11 is 0. The summed E-state index contributed by atoms with van der Waals surface area (Å²) < 4.78 is 26.4. The Hall–Kier alpha value is -3.51. The number of primary amides is 1. The molecule has 37 heavy (non-hydrogen) atoms. The number of carbonyl (C=O) groups is 1. The fourth-order valence-electron chi connectivity index (χ4n) is 5.03. The van der Waals surface area contributed by atoms with E-state index < -0.39 is 15.7 Å². The molecule has 2 aliphatic rings. The molecule has 2 aliphatic heterocycles. The van der Waals surface area contributed by atoms with Crippen molar-refractivity contribution >= 4 is 27.4 Å². The first-order valence-corrected chi connectivity index (χ1v) is 14.3. The predicted octanol–water partition coefficient (Wildman–Crippen LogP) is 1.51. The zero-order valence-corrected chi connectivity index (χ0v) is 21.7. The maximum atomic E-state index is 12.1. The van der Waals surface area contributed by atoms with Gasteiger partial charge in [0.2, 0.25) is 0 Å². The molecular weight excluding hydrogens is 492 g/mol. The van der Waals surface area contributed by atoms with Gasteiger partial charge in [-0.2, -0.15) is 0 Å². The van der Waals surface area contributed by atoms with Gasteiger partial charge in [0.25, 0.3) is 5.91 Å². The number of hydrogen-bond donors (Lipinski definition) is 2. The molecule has 2 fully saturated rings. The summed E-state index contributed by atoms with van der Waals surface area (Å²) in [5.74, 6) is 1.12. The number of hydrogen-bond acceptors (Lipinski definition) is 9. The number of nitrogens with zero attached hydrogens (tertiary/aromatic N) is 6. The lowest BCUT2D eigenvalue weighted by atomic mass is 9.95. The van der Waals surface area contributed by atoms with E-state index in [2.05, 4.69) is 19.4 Å². The van der Waals surface area contributed by atoms with E-state index in [1.54, 1.807) is 18.2 Å². The Morgan fingerprint density at radius 2 is 1.86 bits per heavy atom. The Morgan fingerprint density at radius 1 is 1.11 bits per heavy atom. The largest absolute Gasteiger partial charge is 0.383 e. The van der Waals surface area contributed by atoms with E-state index in [4.69, 9.17) is 16.5 Å². The van der Waals surface area contributed by atoms with Gasteiger partial charge in [0.05, 0.1) is 10.6 Å². The molecule has 0 aliphatic carbocycles. The molecule has 0 unspecified atom stereocenters. The van der Waals surface area contributed by atoms with Crippen LogP contribution in [-0.4, -0.2) is 77.7 Å². The minimum atomic E-state index is -3.32. The second-order valence-electron chi connectivity index (χ2n) is 9.76. The van der Waals surface area contributed by atoms with Crippen molar-refractivity contribution in [2.45, 2.75) is 36.6 Å². The standard InChI is InChI=1S/C25H32N8O3S/c1-37(35,36)19-5-2-4-18(14-19)20-15-33(13-12-31-8-3-9-31)24(30-20)17-6-10-32(11-7-17)25-21(23(27)34)22(26)28-16-29-25/h2,4-5,14-17H,3,6-13H2,1H3,(H2,27,34)(H2,26,28,29). The van der Waals surface area contributed by atoms with Crippen LogP contribution in [0.15, 0.2) is 41.7 Å². The van der Waals surface area contributed by atoms with Crippen LogP contribution in [0.2, 0.25) is 0 Å². The lowest BCUT2D eigenvalue weighted by molar-refractivity contribution is 0.100. The molecule has 2 aromatic heterocycles. The highest BCUT2D eigenvalue weighted by molar-refractivity contribution is 7.90. The first kappa shape index (κ1) is 25.2. The van der Waals surface area contributed by atoms with Crippen LogP contribution in [-0.2, 0) is 16.4 Å². The van der Waals surface area contributed by atoms with E-state index in [0.29, 0.717) is 18.9 Å². The molecule has 0 radical (unpaired) electrons. The molecule has 0 spiro atoms. The molecule has 1 aromatic carbocycles. The fourth-order valence-corrected chi connectivity index (χ4v) is 5.70. The van der Waals surface area contributed by atoms with E-state index in [-0.39, 0.29) is 22.2 Å². The third-order valence-corrected chi connectivity index (χ3v) is 8.34. The summed E-state index contributed by atoms with van der Waals surface area (Å²) in [6, 6.07) is 6.95. The summed E-state index contributed by atoms with van der Waals surface area (Å²) in [5.41, 5.74) is 13.2. The van der Waals surface area contributed by atoms with Crippen LogP contribution in [0, 0.1) is 0 Å². The molecule has 3 aromatic rings. The minimum Gasteiger partial charge on any atom is -0.383 e. The number of benzene rings is 1. The fraction of sp³-hybridized carbons (Fsp3) is 0.440. The van der Waals surface area contributed by atoms with Crippen LogP contribution in [0.5, 0.6) is 0 Å². The van der Waals surface area contributed by atoms with Crippen molar-refractivity contribution in [3.05, 3.63) is 48.2 Å². The van der Waals surface area contributed by atoms with Crippen molar-refractivity contribution in [3.8, 4) is 11.3 Å². The van der Waals surface area contributed by atoms with Gasteiger partial charge in [-0.1, -0.05) is 12.1 Å². The molecule has 0 saturated carbocycles. The third kappa shape index (κ3) is 5.30. The molecule has 4 heterocycles. The van der Waals surface area contributed by atoms with Crippen molar-refractivity contribution in [1.82, 2.24) is 24.4 Å². The number of piperidine rings is 1. The highest BCUT2D eigenvalue weighted by Crippen LogP contribution is 2.33. The number of nitrogen functional groups attached to an aromatic ring is 1. The summed E-state index contributed by atoms with van der Waals surface area (Å²) in [4.78, 5) is 29.9. The van der Waals surface area contributed by atoms with Crippen molar-refractivity contribution in [3.63, 3.8) is 0 Å². The van der Waals surface area contributed by atoms with E-state index in [0.717, 1.165) is 56.1 Å². The molecule has 1 amide bonds. The Balaban J connectivity index is 1.40. The quantitative estimate of drug-likeness (QED) is 0.446. The monoisotopic (exact) mass is 524 g/mol. The predicted molar refractivity (Wildman–Crippen MR) is 141 cm³/mol.